The number of fused-ring (bicyclic) bond motifs is 4. The van der Waals surface area contributed by atoms with Crippen molar-refractivity contribution in [2.75, 3.05) is 13.2 Å². The van der Waals surface area contributed by atoms with E-state index in [1.54, 1.807) is 12.2 Å². The minimum atomic E-state index is -5.42. The highest BCUT2D eigenvalue weighted by Gasteiger charge is 2.47. The molecule has 0 saturated heterocycles. The van der Waals surface area contributed by atoms with Crippen molar-refractivity contribution in [1.82, 2.24) is 0 Å². The second kappa shape index (κ2) is 34.7. The van der Waals surface area contributed by atoms with Crippen LogP contribution in [0.25, 0.3) is 0 Å². The van der Waals surface area contributed by atoms with Crippen molar-refractivity contribution < 1.29 is 73.0 Å². The summed E-state index contributed by atoms with van der Waals surface area (Å²) >= 11 is 0. The van der Waals surface area contributed by atoms with Gasteiger partial charge in [-0.3, -0.25) is 23.4 Å². The second-order valence-electron chi connectivity index (χ2n) is 17.6. The Morgan fingerprint density at radius 2 is 1.38 bits per heavy atom. The summed E-state index contributed by atoms with van der Waals surface area (Å²) in [4.78, 5) is 50.0. The van der Waals surface area contributed by atoms with Crippen LogP contribution in [-0.4, -0.2) is 115 Å². The predicted octanol–water partition coefficient (Wildman–Crippen LogP) is 7.56. The molecule has 0 aromatic rings. The number of unbranched alkanes of at least 4 members (excludes halogenated alkanes) is 15. The third-order valence-corrected chi connectivity index (χ3v) is 12.9. The summed E-state index contributed by atoms with van der Waals surface area (Å²) in [7, 11) is -5.42. The van der Waals surface area contributed by atoms with Gasteiger partial charge < -0.3 is 45.0 Å². The van der Waals surface area contributed by atoms with E-state index in [2.05, 4.69) is 19.1 Å². The fraction of sp³-hybridized carbons (Fsp3) is 0.776. The first-order chi connectivity index (χ1) is 31.2. The Morgan fingerprint density at radius 3 is 2.05 bits per heavy atom. The van der Waals surface area contributed by atoms with Crippen molar-refractivity contribution in [1.29, 1.82) is 0 Å². The number of aliphatic hydroxyl groups is 6. The summed E-state index contributed by atoms with van der Waals surface area (Å²) in [6.45, 7) is 2.86. The second-order valence-corrected chi connectivity index (χ2v) is 19.0. The van der Waals surface area contributed by atoms with Crippen molar-refractivity contribution in [3.05, 3.63) is 48.6 Å². The first-order valence-electron chi connectivity index (χ1n) is 24.5. The third kappa shape index (κ3) is 25.4. The molecule has 15 nitrogen and oxygen atoms in total. The van der Waals surface area contributed by atoms with Crippen LogP contribution in [0.3, 0.4) is 0 Å². The molecule has 2 aliphatic rings. The van der Waals surface area contributed by atoms with Gasteiger partial charge in [-0.2, -0.15) is 0 Å². The van der Waals surface area contributed by atoms with E-state index in [9.17, 15) is 54.5 Å². The summed E-state index contributed by atoms with van der Waals surface area (Å²) in [6.07, 6.45) is 17.6. The Kier molecular flexibility index (Phi) is 31.3. The van der Waals surface area contributed by atoms with E-state index in [1.807, 2.05) is 6.92 Å². The average Bonchev–Trinajstić information content (AvgIpc) is 3.28. The predicted molar refractivity (Wildman–Crippen MR) is 248 cm³/mol. The highest BCUT2D eigenvalue weighted by Crippen LogP contribution is 2.47. The quantitative estimate of drug-likeness (QED) is 0.0214. The SMILES string of the molecule is CCCCCCCC/C=C\CCCCCCCCCC(=O)O[C@@H]1COC(=O)CCC/C=C\C[C@H]2/C=C\C(=O)[C@H](/C=C/[C@@H](O)CCCCC)[C@@H](O)[C@@H](O)[C@@H](OP(=O)(O)OC1)[C@H](O)[C@@H](O)[C@@H]2O. The van der Waals surface area contributed by atoms with Crippen LogP contribution in [0.5, 0.6) is 0 Å². The lowest BCUT2D eigenvalue weighted by Crippen LogP contribution is -2.55. The first-order valence-corrected chi connectivity index (χ1v) is 26.0. The molecule has 1 aliphatic carbocycles. The molecule has 0 radical (unpaired) electrons. The van der Waals surface area contributed by atoms with Gasteiger partial charge in [-0.05, 0) is 63.9 Å². The lowest BCUT2D eigenvalue weighted by Gasteiger charge is -2.36. The zero-order valence-corrected chi connectivity index (χ0v) is 40.0. The number of hydrogen-bond donors (Lipinski definition) is 7. The molecule has 0 fully saturated rings. The molecule has 0 amide bonds. The fourth-order valence-electron chi connectivity index (χ4n) is 7.78. The maximum atomic E-state index is 13.6. The minimum Gasteiger partial charge on any atom is -0.462 e. The molecule has 7 N–H and O–H groups in total. The fourth-order valence-corrected chi connectivity index (χ4v) is 8.75. The topological polar surface area (TPSA) is 247 Å². The number of ketones is 1. The van der Waals surface area contributed by atoms with E-state index >= 15 is 0 Å². The standard InChI is InChI=1S/C49H83O15P/c1-3-5-7-8-9-10-11-12-13-14-15-16-17-18-19-20-26-30-43(53)63-39-35-61-42(52)29-25-22-21-24-27-37-31-34-41(51)40(33-32-38(50)28-23-6-4-2)45(55)47(57)49(48(58)46(56)44(37)54)64-65(59,60)62-36-39/h12-13,21,24,31-34,37-40,44-50,54-58H,3-11,14-20,22-23,25-30,35-36H2,1-2H3,(H,59,60)/b13-12-,24-21-,33-32+,34-31-/t37-,38-,39+,40-,44+,45+,46-,47+,48+,49+/m0/s1. The number of carbonyl (C=O) groups is 3. The van der Waals surface area contributed by atoms with Crippen LogP contribution < -0.4 is 0 Å². The Bertz CT molecular complexity index is 1480. The maximum Gasteiger partial charge on any atom is 0.472 e. The van der Waals surface area contributed by atoms with Gasteiger partial charge in [-0.15, -0.1) is 0 Å². The number of phosphoric acid groups is 1. The first kappa shape index (κ1) is 58.6. The van der Waals surface area contributed by atoms with Crippen molar-refractivity contribution >= 4 is 25.5 Å². The van der Waals surface area contributed by atoms with E-state index in [0.717, 1.165) is 70.3 Å². The van der Waals surface area contributed by atoms with Crippen molar-refractivity contribution in [2.45, 2.75) is 217 Å². The van der Waals surface area contributed by atoms with Crippen LogP contribution in [0, 0.1) is 11.8 Å². The van der Waals surface area contributed by atoms with Crippen LogP contribution in [-0.2, 0) is 37.5 Å². The van der Waals surface area contributed by atoms with Crippen molar-refractivity contribution in [3.63, 3.8) is 0 Å². The lowest BCUT2D eigenvalue weighted by molar-refractivity contribution is -0.164. The summed E-state index contributed by atoms with van der Waals surface area (Å²) < 4.78 is 34.7. The van der Waals surface area contributed by atoms with E-state index in [4.69, 9.17) is 18.5 Å². The number of cyclic esters (lactones) is 1. The third-order valence-electron chi connectivity index (χ3n) is 11.9. The Morgan fingerprint density at radius 1 is 0.785 bits per heavy atom. The van der Waals surface area contributed by atoms with Gasteiger partial charge in [0.25, 0.3) is 0 Å². The number of phosphoric ester groups is 1. The summed E-state index contributed by atoms with van der Waals surface area (Å²) in [5, 5.41) is 67.1. The molecule has 374 valence electrons. The molecule has 0 saturated carbocycles. The van der Waals surface area contributed by atoms with Crippen LogP contribution in [0.4, 0.5) is 0 Å². The van der Waals surface area contributed by atoms with Gasteiger partial charge in [-0.25, -0.2) is 4.57 Å². The summed E-state index contributed by atoms with van der Waals surface area (Å²) in [5.74, 6) is -4.66. The molecule has 0 aromatic heterocycles. The van der Waals surface area contributed by atoms with Crippen molar-refractivity contribution in [3.8, 4) is 0 Å². The normalized spacial score (nSPS) is 30.6. The number of esters is 2. The average molecular weight is 943 g/mol. The number of rotatable bonds is 24. The molecule has 2 bridgehead atoms. The van der Waals surface area contributed by atoms with E-state index < -0.39 is 99.4 Å². The zero-order chi connectivity index (χ0) is 47.9. The van der Waals surface area contributed by atoms with Crippen LogP contribution in [0.15, 0.2) is 48.6 Å². The van der Waals surface area contributed by atoms with Gasteiger partial charge in [0.1, 0.15) is 31.0 Å². The van der Waals surface area contributed by atoms with Gasteiger partial charge in [0.2, 0.25) is 0 Å². The summed E-state index contributed by atoms with van der Waals surface area (Å²) in [6, 6.07) is 0. The maximum absolute atomic E-state index is 13.6. The van der Waals surface area contributed by atoms with Gasteiger partial charge in [0, 0.05) is 18.8 Å². The van der Waals surface area contributed by atoms with E-state index in [0.29, 0.717) is 32.1 Å². The molecule has 65 heavy (non-hydrogen) atoms. The molecule has 0 spiro atoms. The molecule has 16 heteroatoms. The Hall–Kier alpha value is -2.56. The molecule has 2 rings (SSSR count). The molecule has 1 heterocycles. The van der Waals surface area contributed by atoms with E-state index in [1.165, 1.54) is 56.8 Å². The number of allylic oxidation sites excluding steroid dienone is 5. The van der Waals surface area contributed by atoms with Crippen molar-refractivity contribution in [2.24, 2.45) is 11.8 Å². The van der Waals surface area contributed by atoms with Gasteiger partial charge in [0.05, 0.1) is 30.8 Å². The molecular formula is C49H83O15P. The minimum absolute atomic E-state index is 0.0150. The van der Waals surface area contributed by atoms with Gasteiger partial charge in [0.15, 0.2) is 11.9 Å². The lowest BCUT2D eigenvalue weighted by atomic mass is 9.87. The Balaban J connectivity index is 2.11. The largest absolute Gasteiger partial charge is 0.472 e. The van der Waals surface area contributed by atoms with Gasteiger partial charge >= 0.3 is 19.8 Å². The number of ether oxygens (including phenoxy) is 2. The van der Waals surface area contributed by atoms with Crippen LogP contribution >= 0.6 is 7.82 Å². The highest BCUT2D eigenvalue weighted by molar-refractivity contribution is 7.47. The molecule has 0 aromatic carbocycles. The molecular weight excluding hydrogens is 859 g/mol. The molecule has 1 unspecified atom stereocenters. The van der Waals surface area contributed by atoms with Gasteiger partial charge in [-0.1, -0.05) is 140 Å². The number of hydrogen-bond acceptors (Lipinski definition) is 14. The van der Waals surface area contributed by atoms with E-state index in [-0.39, 0.29) is 19.3 Å². The highest BCUT2D eigenvalue weighted by atomic mass is 31.2. The van der Waals surface area contributed by atoms with Crippen LogP contribution in [0.2, 0.25) is 0 Å². The monoisotopic (exact) mass is 943 g/mol. The number of aliphatic hydroxyl groups excluding tert-OH is 6. The summed E-state index contributed by atoms with van der Waals surface area (Å²) in [5.41, 5.74) is 0. The Labute approximate surface area is 388 Å². The molecule has 11 atom stereocenters. The number of carbonyl (C=O) groups excluding carboxylic acids is 3. The zero-order valence-electron chi connectivity index (χ0n) is 39.1. The molecule has 1 aliphatic heterocycles. The van der Waals surface area contributed by atoms with Crippen LogP contribution in [0.1, 0.15) is 168 Å². The smallest absolute Gasteiger partial charge is 0.462 e.